The van der Waals surface area contributed by atoms with Crippen LogP contribution in [0.5, 0.6) is 0 Å². The normalized spacial score (nSPS) is 15.9. The van der Waals surface area contributed by atoms with Crippen LogP contribution in [0.3, 0.4) is 0 Å². The van der Waals surface area contributed by atoms with E-state index < -0.39 is 0 Å². The zero-order valence-corrected chi connectivity index (χ0v) is 17.7. The molecule has 2 aromatic rings. The number of amides is 1. The molecule has 7 heteroatoms. The number of nitrogens with zero attached hydrogens (tertiary/aromatic N) is 4. The van der Waals surface area contributed by atoms with Crippen molar-refractivity contribution in [2.24, 2.45) is 10.4 Å². The lowest BCUT2D eigenvalue weighted by Gasteiger charge is -2.31. The topological polar surface area (TPSA) is 74.5 Å². The van der Waals surface area contributed by atoms with Gasteiger partial charge in [0.05, 0.1) is 24.0 Å². The second-order valence-corrected chi connectivity index (χ2v) is 7.83. The molecule has 156 valence electrons. The molecule has 1 aromatic carbocycles. The third kappa shape index (κ3) is 4.96. The molecule has 3 rings (SSSR count). The first-order valence-corrected chi connectivity index (χ1v) is 10.4. The van der Waals surface area contributed by atoms with Crippen molar-refractivity contribution < 1.29 is 4.79 Å². The smallest absolute Gasteiger partial charge is 0.230 e. The van der Waals surface area contributed by atoms with Crippen LogP contribution in [-0.4, -0.2) is 53.5 Å². The molecule has 1 aliphatic rings. The first-order valence-electron chi connectivity index (χ1n) is 10.4. The van der Waals surface area contributed by atoms with Crippen molar-refractivity contribution in [3.8, 4) is 5.69 Å². The van der Waals surface area contributed by atoms with E-state index in [1.165, 1.54) is 0 Å². The van der Waals surface area contributed by atoms with E-state index in [1.54, 1.807) is 17.4 Å². The molecule has 1 saturated carbocycles. The Hall–Kier alpha value is -2.83. The molecule has 29 heavy (non-hydrogen) atoms. The SMILES string of the molecule is CCNC(=NCc1ccccc1-n1ccnc1)NCC1(C(=O)N(C)C)CCCC1. The van der Waals surface area contributed by atoms with Crippen LogP contribution in [0, 0.1) is 5.41 Å². The van der Waals surface area contributed by atoms with Crippen molar-refractivity contribution in [3.05, 3.63) is 48.5 Å². The van der Waals surface area contributed by atoms with Crippen LogP contribution in [0.25, 0.3) is 5.69 Å². The lowest BCUT2D eigenvalue weighted by molar-refractivity contribution is -0.138. The maximum atomic E-state index is 12.8. The summed E-state index contributed by atoms with van der Waals surface area (Å²) in [6.45, 7) is 3.97. The molecule has 0 spiro atoms. The van der Waals surface area contributed by atoms with E-state index in [9.17, 15) is 4.79 Å². The Bertz CT molecular complexity index is 822. The summed E-state index contributed by atoms with van der Waals surface area (Å²) in [6.07, 6.45) is 9.57. The second kappa shape index (κ2) is 9.58. The predicted octanol–water partition coefficient (Wildman–Crippen LogP) is 2.58. The number of guanidine groups is 1. The lowest BCUT2D eigenvalue weighted by Crippen LogP contribution is -2.49. The summed E-state index contributed by atoms with van der Waals surface area (Å²) in [5.74, 6) is 0.953. The minimum atomic E-state index is -0.325. The number of para-hydroxylation sites is 1. The molecule has 1 heterocycles. The van der Waals surface area contributed by atoms with Gasteiger partial charge in [-0.3, -0.25) is 4.79 Å². The Morgan fingerprint density at radius 3 is 2.66 bits per heavy atom. The molecular weight excluding hydrogens is 364 g/mol. The fourth-order valence-electron chi connectivity index (χ4n) is 4.05. The number of rotatable bonds is 7. The standard InChI is InChI=1S/C22H32N6O/c1-4-24-21(26-16-22(11-7-8-12-22)20(29)27(2)3)25-15-18-9-5-6-10-19(18)28-14-13-23-17-28/h5-6,9-10,13-14,17H,4,7-8,11-12,15-16H2,1-3H3,(H2,24,25,26). The van der Waals surface area contributed by atoms with Crippen LogP contribution in [0.1, 0.15) is 38.2 Å². The van der Waals surface area contributed by atoms with Crippen LogP contribution < -0.4 is 10.6 Å². The molecule has 1 aromatic heterocycles. The number of carbonyl (C=O) groups is 1. The summed E-state index contributed by atoms with van der Waals surface area (Å²) < 4.78 is 1.99. The molecule has 2 N–H and O–H groups in total. The van der Waals surface area contributed by atoms with E-state index in [0.29, 0.717) is 13.1 Å². The molecule has 0 atom stereocenters. The predicted molar refractivity (Wildman–Crippen MR) is 116 cm³/mol. The number of benzene rings is 1. The number of hydrogen-bond acceptors (Lipinski definition) is 3. The summed E-state index contributed by atoms with van der Waals surface area (Å²) in [5.41, 5.74) is 1.86. The summed E-state index contributed by atoms with van der Waals surface area (Å²) in [7, 11) is 3.68. The zero-order valence-electron chi connectivity index (χ0n) is 17.7. The Morgan fingerprint density at radius 1 is 1.24 bits per heavy atom. The molecule has 0 unspecified atom stereocenters. The van der Waals surface area contributed by atoms with Gasteiger partial charge in [-0.05, 0) is 31.4 Å². The minimum absolute atomic E-state index is 0.212. The van der Waals surface area contributed by atoms with Crippen molar-refractivity contribution in [2.75, 3.05) is 27.2 Å². The monoisotopic (exact) mass is 396 g/mol. The van der Waals surface area contributed by atoms with Gasteiger partial charge in [-0.15, -0.1) is 0 Å². The average molecular weight is 397 g/mol. The van der Waals surface area contributed by atoms with Gasteiger partial charge in [-0.1, -0.05) is 31.0 Å². The highest BCUT2D eigenvalue weighted by atomic mass is 16.2. The number of aromatic nitrogens is 2. The highest BCUT2D eigenvalue weighted by Crippen LogP contribution is 2.38. The Morgan fingerprint density at radius 2 is 2.00 bits per heavy atom. The molecule has 1 fully saturated rings. The summed E-state index contributed by atoms with van der Waals surface area (Å²) >= 11 is 0. The summed E-state index contributed by atoms with van der Waals surface area (Å²) in [5, 5.41) is 6.75. The fraction of sp³-hybridized carbons (Fsp3) is 0.500. The van der Waals surface area contributed by atoms with Gasteiger partial charge in [0.15, 0.2) is 5.96 Å². The van der Waals surface area contributed by atoms with E-state index in [4.69, 9.17) is 4.99 Å². The zero-order chi connectivity index (χ0) is 20.7. The molecule has 0 aliphatic heterocycles. The maximum absolute atomic E-state index is 12.8. The Balaban J connectivity index is 1.73. The van der Waals surface area contributed by atoms with Gasteiger partial charge in [0.2, 0.25) is 5.91 Å². The van der Waals surface area contributed by atoms with Crippen LogP contribution in [0.4, 0.5) is 0 Å². The number of carbonyl (C=O) groups excluding carboxylic acids is 1. The minimum Gasteiger partial charge on any atom is -0.357 e. The third-order valence-electron chi connectivity index (χ3n) is 5.54. The Labute approximate surface area is 173 Å². The Kier molecular flexibility index (Phi) is 6.90. The van der Waals surface area contributed by atoms with Gasteiger partial charge in [-0.25, -0.2) is 9.98 Å². The van der Waals surface area contributed by atoms with Crippen LogP contribution in [-0.2, 0) is 11.3 Å². The van der Waals surface area contributed by atoms with E-state index in [2.05, 4.69) is 27.8 Å². The lowest BCUT2D eigenvalue weighted by atomic mass is 9.84. The van der Waals surface area contributed by atoms with Gasteiger partial charge < -0.3 is 20.1 Å². The first-order chi connectivity index (χ1) is 14.1. The highest BCUT2D eigenvalue weighted by molar-refractivity contribution is 5.85. The van der Waals surface area contributed by atoms with Gasteiger partial charge in [0.1, 0.15) is 0 Å². The van der Waals surface area contributed by atoms with Crippen molar-refractivity contribution in [3.63, 3.8) is 0 Å². The molecule has 1 amide bonds. The maximum Gasteiger partial charge on any atom is 0.230 e. The quantitative estimate of drug-likeness (QED) is 0.557. The summed E-state index contributed by atoms with van der Waals surface area (Å²) in [6, 6.07) is 8.18. The number of nitrogens with one attached hydrogen (secondary N) is 2. The molecule has 7 nitrogen and oxygen atoms in total. The van der Waals surface area contributed by atoms with Crippen LogP contribution in [0.15, 0.2) is 48.0 Å². The average Bonchev–Trinajstić information content (AvgIpc) is 3.42. The van der Waals surface area contributed by atoms with Gasteiger partial charge >= 0.3 is 0 Å². The third-order valence-corrected chi connectivity index (χ3v) is 5.54. The van der Waals surface area contributed by atoms with E-state index in [0.717, 1.165) is 49.4 Å². The van der Waals surface area contributed by atoms with E-state index in [1.807, 2.05) is 43.9 Å². The first kappa shape index (κ1) is 20.9. The van der Waals surface area contributed by atoms with Gasteiger partial charge in [-0.2, -0.15) is 0 Å². The second-order valence-electron chi connectivity index (χ2n) is 7.83. The van der Waals surface area contributed by atoms with Gasteiger partial charge in [0, 0.05) is 39.6 Å². The highest BCUT2D eigenvalue weighted by Gasteiger charge is 2.42. The number of hydrogen-bond donors (Lipinski definition) is 2. The van der Waals surface area contributed by atoms with Crippen molar-refractivity contribution in [1.29, 1.82) is 0 Å². The van der Waals surface area contributed by atoms with Crippen molar-refractivity contribution in [1.82, 2.24) is 25.1 Å². The van der Waals surface area contributed by atoms with Crippen molar-refractivity contribution >= 4 is 11.9 Å². The van der Waals surface area contributed by atoms with E-state index >= 15 is 0 Å². The van der Waals surface area contributed by atoms with Gasteiger partial charge in [0.25, 0.3) is 0 Å². The number of aliphatic imine (C=N–C) groups is 1. The molecule has 1 aliphatic carbocycles. The molecule has 0 bridgehead atoms. The molecule has 0 saturated heterocycles. The summed E-state index contributed by atoms with van der Waals surface area (Å²) in [4.78, 5) is 23.5. The van der Waals surface area contributed by atoms with Crippen molar-refractivity contribution in [2.45, 2.75) is 39.2 Å². The van der Waals surface area contributed by atoms with E-state index in [-0.39, 0.29) is 11.3 Å². The fourth-order valence-corrected chi connectivity index (χ4v) is 4.05. The van der Waals surface area contributed by atoms with Crippen LogP contribution in [0.2, 0.25) is 0 Å². The molecular formula is C22H32N6O. The van der Waals surface area contributed by atoms with Crippen LogP contribution >= 0.6 is 0 Å². The molecule has 0 radical (unpaired) electrons. The largest absolute Gasteiger partial charge is 0.357 e. The number of imidazole rings is 1.